The van der Waals surface area contributed by atoms with Crippen LogP contribution in [-0.2, 0) is 11.3 Å². The predicted octanol–water partition coefficient (Wildman–Crippen LogP) is 3.04. The molecule has 21 heavy (non-hydrogen) atoms. The molecule has 1 aromatic heterocycles. The molecule has 1 atom stereocenters. The fourth-order valence-electron chi connectivity index (χ4n) is 2.08. The van der Waals surface area contributed by atoms with Crippen molar-refractivity contribution in [3.05, 3.63) is 47.1 Å². The van der Waals surface area contributed by atoms with Gasteiger partial charge < -0.3 is 15.2 Å². The van der Waals surface area contributed by atoms with E-state index in [-0.39, 0.29) is 5.82 Å². The van der Waals surface area contributed by atoms with E-state index in [1.165, 1.54) is 17.4 Å². The molecule has 0 spiro atoms. The first-order valence-corrected chi connectivity index (χ1v) is 7.78. The SMILES string of the molecule is COCC(O)CCNCc1ccc(F)c(-c2cccs2)c1. The van der Waals surface area contributed by atoms with E-state index in [9.17, 15) is 9.50 Å². The second kappa shape index (κ2) is 8.24. The van der Waals surface area contributed by atoms with Crippen molar-refractivity contribution >= 4 is 11.3 Å². The van der Waals surface area contributed by atoms with Crippen LogP contribution in [0.1, 0.15) is 12.0 Å². The van der Waals surface area contributed by atoms with E-state index in [1.54, 1.807) is 13.2 Å². The Morgan fingerprint density at radius 3 is 2.95 bits per heavy atom. The van der Waals surface area contributed by atoms with Crippen LogP contribution < -0.4 is 5.32 Å². The Bertz CT molecular complexity index is 545. The van der Waals surface area contributed by atoms with Crippen LogP contribution in [0.2, 0.25) is 0 Å². The van der Waals surface area contributed by atoms with E-state index >= 15 is 0 Å². The summed E-state index contributed by atoms with van der Waals surface area (Å²) >= 11 is 1.53. The molecule has 0 fully saturated rings. The molecule has 2 N–H and O–H groups in total. The van der Waals surface area contributed by atoms with Gasteiger partial charge in [-0.1, -0.05) is 12.1 Å². The van der Waals surface area contributed by atoms with Gasteiger partial charge in [0.15, 0.2) is 0 Å². The van der Waals surface area contributed by atoms with Crippen LogP contribution in [-0.4, -0.2) is 31.5 Å². The number of halogens is 1. The normalized spacial score (nSPS) is 12.5. The van der Waals surface area contributed by atoms with Crippen LogP contribution in [0.3, 0.4) is 0 Å². The van der Waals surface area contributed by atoms with Crippen LogP contribution >= 0.6 is 11.3 Å². The van der Waals surface area contributed by atoms with Crippen molar-refractivity contribution in [3.63, 3.8) is 0 Å². The zero-order chi connectivity index (χ0) is 15.1. The van der Waals surface area contributed by atoms with Gasteiger partial charge in [-0.25, -0.2) is 4.39 Å². The van der Waals surface area contributed by atoms with E-state index < -0.39 is 6.10 Å². The Morgan fingerprint density at radius 1 is 1.38 bits per heavy atom. The molecule has 0 aliphatic carbocycles. The van der Waals surface area contributed by atoms with Crippen LogP contribution in [0.5, 0.6) is 0 Å². The summed E-state index contributed by atoms with van der Waals surface area (Å²) in [6.07, 6.45) is 0.185. The highest BCUT2D eigenvalue weighted by Crippen LogP contribution is 2.28. The second-order valence-electron chi connectivity index (χ2n) is 4.87. The molecule has 2 rings (SSSR count). The lowest BCUT2D eigenvalue weighted by Crippen LogP contribution is -2.23. The molecule has 114 valence electrons. The molecule has 1 unspecified atom stereocenters. The van der Waals surface area contributed by atoms with Crippen LogP contribution in [0.4, 0.5) is 4.39 Å². The summed E-state index contributed by atoms with van der Waals surface area (Å²) in [5.74, 6) is -0.197. The number of thiophene rings is 1. The van der Waals surface area contributed by atoms with E-state index in [0.29, 0.717) is 31.7 Å². The largest absolute Gasteiger partial charge is 0.391 e. The zero-order valence-corrected chi connectivity index (χ0v) is 12.8. The third-order valence-corrected chi connectivity index (χ3v) is 4.06. The van der Waals surface area contributed by atoms with Crippen molar-refractivity contribution in [2.75, 3.05) is 20.3 Å². The van der Waals surface area contributed by atoms with Crippen molar-refractivity contribution in [1.29, 1.82) is 0 Å². The number of aliphatic hydroxyl groups excluding tert-OH is 1. The highest BCUT2D eigenvalue weighted by atomic mass is 32.1. The van der Waals surface area contributed by atoms with Gasteiger partial charge in [0.2, 0.25) is 0 Å². The average molecular weight is 309 g/mol. The molecule has 0 aliphatic heterocycles. The Morgan fingerprint density at radius 2 is 2.24 bits per heavy atom. The van der Waals surface area contributed by atoms with Gasteiger partial charge in [-0.2, -0.15) is 0 Å². The van der Waals surface area contributed by atoms with Gasteiger partial charge in [0.05, 0.1) is 12.7 Å². The number of rotatable bonds is 8. The summed E-state index contributed by atoms with van der Waals surface area (Å²) in [5, 5.41) is 14.7. The topological polar surface area (TPSA) is 41.5 Å². The quantitative estimate of drug-likeness (QED) is 0.737. The van der Waals surface area contributed by atoms with Crippen molar-refractivity contribution < 1.29 is 14.2 Å². The van der Waals surface area contributed by atoms with Crippen molar-refractivity contribution in [3.8, 4) is 10.4 Å². The summed E-state index contributed by atoms with van der Waals surface area (Å²) in [6, 6.07) is 9.00. The molecule has 0 saturated carbocycles. The van der Waals surface area contributed by atoms with Crippen molar-refractivity contribution in [2.24, 2.45) is 0 Å². The monoisotopic (exact) mass is 309 g/mol. The minimum atomic E-state index is -0.447. The zero-order valence-electron chi connectivity index (χ0n) is 12.0. The summed E-state index contributed by atoms with van der Waals surface area (Å²) in [5.41, 5.74) is 1.67. The lowest BCUT2D eigenvalue weighted by atomic mass is 10.1. The molecular formula is C16H20FNO2S. The highest BCUT2D eigenvalue weighted by molar-refractivity contribution is 7.13. The number of ether oxygens (including phenoxy) is 1. The van der Waals surface area contributed by atoms with Gasteiger partial charge in [-0.3, -0.25) is 0 Å². The Kier molecular flexibility index (Phi) is 6.32. The van der Waals surface area contributed by atoms with Crippen LogP contribution in [0.25, 0.3) is 10.4 Å². The number of hydrogen-bond acceptors (Lipinski definition) is 4. The predicted molar refractivity (Wildman–Crippen MR) is 83.9 cm³/mol. The fraction of sp³-hybridized carbons (Fsp3) is 0.375. The number of methoxy groups -OCH3 is 1. The molecule has 3 nitrogen and oxygen atoms in total. The first-order valence-electron chi connectivity index (χ1n) is 6.90. The minimum Gasteiger partial charge on any atom is -0.391 e. The maximum Gasteiger partial charge on any atom is 0.131 e. The summed E-state index contributed by atoms with van der Waals surface area (Å²) in [7, 11) is 1.57. The molecule has 0 radical (unpaired) electrons. The smallest absolute Gasteiger partial charge is 0.131 e. The van der Waals surface area contributed by atoms with Crippen molar-refractivity contribution in [1.82, 2.24) is 5.32 Å². The van der Waals surface area contributed by atoms with Gasteiger partial charge in [0.1, 0.15) is 5.82 Å². The maximum absolute atomic E-state index is 13.9. The molecule has 0 bridgehead atoms. The highest BCUT2D eigenvalue weighted by Gasteiger charge is 2.07. The van der Waals surface area contributed by atoms with Gasteiger partial charge >= 0.3 is 0 Å². The van der Waals surface area contributed by atoms with E-state index in [1.807, 2.05) is 23.6 Å². The number of hydrogen-bond donors (Lipinski definition) is 2. The van der Waals surface area contributed by atoms with Crippen LogP contribution in [0, 0.1) is 5.82 Å². The summed E-state index contributed by atoms with van der Waals surface area (Å²) in [4.78, 5) is 0.935. The van der Waals surface area contributed by atoms with Gasteiger partial charge in [-0.15, -0.1) is 11.3 Å². The maximum atomic E-state index is 13.9. The molecule has 1 aromatic carbocycles. The first-order chi connectivity index (χ1) is 10.2. The van der Waals surface area contributed by atoms with Gasteiger partial charge in [-0.05, 0) is 42.1 Å². The standard InChI is InChI=1S/C16H20FNO2S/c1-20-11-13(19)6-7-18-10-12-4-5-15(17)14(9-12)16-3-2-8-21-16/h2-5,8-9,13,18-19H,6-7,10-11H2,1H3. The van der Waals surface area contributed by atoms with E-state index in [0.717, 1.165) is 10.4 Å². The fourth-order valence-corrected chi connectivity index (χ4v) is 2.82. The summed E-state index contributed by atoms with van der Waals surface area (Å²) in [6.45, 7) is 1.69. The second-order valence-corrected chi connectivity index (χ2v) is 5.81. The molecule has 1 heterocycles. The van der Waals surface area contributed by atoms with Crippen molar-refractivity contribution in [2.45, 2.75) is 19.1 Å². The Hall–Kier alpha value is -1.27. The first kappa shape index (κ1) is 16.1. The molecule has 0 aliphatic rings. The lowest BCUT2D eigenvalue weighted by molar-refractivity contribution is 0.0594. The number of nitrogens with one attached hydrogen (secondary N) is 1. The number of benzene rings is 1. The third-order valence-electron chi connectivity index (χ3n) is 3.16. The van der Waals surface area contributed by atoms with Crippen LogP contribution in [0.15, 0.2) is 35.7 Å². The Balaban J connectivity index is 1.88. The number of aliphatic hydroxyl groups is 1. The van der Waals surface area contributed by atoms with Gasteiger partial charge in [0.25, 0.3) is 0 Å². The molecule has 2 aromatic rings. The van der Waals surface area contributed by atoms with E-state index in [4.69, 9.17) is 4.74 Å². The van der Waals surface area contributed by atoms with Gasteiger partial charge in [0, 0.05) is 24.1 Å². The third kappa shape index (κ3) is 4.89. The summed E-state index contributed by atoms with van der Waals surface area (Å²) < 4.78 is 18.7. The molecule has 0 amide bonds. The lowest BCUT2D eigenvalue weighted by Gasteiger charge is -2.11. The average Bonchev–Trinajstić information content (AvgIpc) is 2.99. The molecule has 0 saturated heterocycles. The molecule has 5 heteroatoms. The Labute approximate surface area is 128 Å². The van der Waals surface area contributed by atoms with E-state index in [2.05, 4.69) is 5.32 Å². The minimum absolute atomic E-state index is 0.197. The molecular weight excluding hydrogens is 289 g/mol.